The van der Waals surface area contributed by atoms with Crippen LogP contribution < -0.4 is 16.6 Å². The van der Waals surface area contributed by atoms with Crippen LogP contribution in [0.15, 0.2) is 66.1 Å². The Morgan fingerprint density at radius 2 is 1.90 bits per heavy atom. The van der Waals surface area contributed by atoms with Gasteiger partial charge in [-0.3, -0.25) is 9.59 Å². The summed E-state index contributed by atoms with van der Waals surface area (Å²) < 4.78 is 32.9. The zero-order valence-electron chi connectivity index (χ0n) is 23.8. The van der Waals surface area contributed by atoms with Gasteiger partial charge in [0.2, 0.25) is 0 Å². The van der Waals surface area contributed by atoms with Crippen molar-refractivity contribution in [1.29, 1.82) is 0 Å². The summed E-state index contributed by atoms with van der Waals surface area (Å²) in [4.78, 5) is 26.3. The van der Waals surface area contributed by atoms with Crippen molar-refractivity contribution in [3.63, 3.8) is 0 Å². The van der Waals surface area contributed by atoms with Gasteiger partial charge in [0.1, 0.15) is 11.6 Å². The Morgan fingerprint density at radius 1 is 1.19 bits per heavy atom. The van der Waals surface area contributed by atoms with Crippen molar-refractivity contribution in [1.82, 2.24) is 9.88 Å². The van der Waals surface area contributed by atoms with Crippen LogP contribution in [0.1, 0.15) is 55.7 Å². The maximum atomic E-state index is 15.8. The molecule has 4 atom stereocenters. The molecule has 1 aromatic heterocycles. The van der Waals surface area contributed by atoms with Gasteiger partial charge in [-0.1, -0.05) is 61.8 Å². The van der Waals surface area contributed by atoms with Crippen molar-refractivity contribution in [2.75, 3.05) is 6.61 Å². The van der Waals surface area contributed by atoms with Gasteiger partial charge in [0, 0.05) is 54.9 Å². The number of hydrogen-bond donors (Lipinski definition) is 3. The predicted molar refractivity (Wildman–Crippen MR) is 163 cm³/mol. The predicted octanol–water partition coefficient (Wildman–Crippen LogP) is 5.72. The monoisotopic (exact) mass is 617 g/mol. The number of aliphatic hydroxyl groups excluding tert-OH is 1. The number of Topliss-reactive ketones (excluding diaryl/α,β-unsaturated/α-hetero) is 1. The van der Waals surface area contributed by atoms with Crippen LogP contribution in [-0.2, 0) is 17.4 Å². The maximum absolute atomic E-state index is 15.8. The average molecular weight is 619 g/mol. The number of carbonyl (C=O) groups is 1. The summed E-state index contributed by atoms with van der Waals surface area (Å²) in [6, 6.07) is 9.82. The van der Waals surface area contributed by atoms with Crippen molar-refractivity contribution in [2.24, 2.45) is 18.2 Å². The van der Waals surface area contributed by atoms with E-state index in [1.807, 2.05) is 13.8 Å². The lowest BCUT2D eigenvalue weighted by Gasteiger charge is -2.40. The summed E-state index contributed by atoms with van der Waals surface area (Å²) in [5, 5.41) is 13.0. The molecule has 0 saturated carbocycles. The molecule has 2 heterocycles. The number of nitrogens with zero attached hydrogens (tertiary/aromatic N) is 1. The van der Waals surface area contributed by atoms with Crippen molar-refractivity contribution in [2.45, 2.75) is 56.7 Å². The minimum absolute atomic E-state index is 0.0619. The van der Waals surface area contributed by atoms with Crippen LogP contribution in [0, 0.1) is 17.0 Å². The van der Waals surface area contributed by atoms with Gasteiger partial charge in [0.25, 0.3) is 5.56 Å². The van der Waals surface area contributed by atoms with Gasteiger partial charge < -0.3 is 20.7 Å². The first-order valence-corrected chi connectivity index (χ1v) is 14.4. The fourth-order valence-corrected chi connectivity index (χ4v) is 6.33. The van der Waals surface area contributed by atoms with Crippen LogP contribution in [0.25, 0.3) is 5.57 Å². The van der Waals surface area contributed by atoms with E-state index >= 15 is 8.78 Å². The Hall–Kier alpha value is -2.88. The van der Waals surface area contributed by atoms with E-state index in [0.717, 1.165) is 6.07 Å². The van der Waals surface area contributed by atoms with Crippen LogP contribution in [0.4, 0.5) is 8.78 Å². The molecule has 0 bridgehead atoms. The molecule has 1 saturated heterocycles. The van der Waals surface area contributed by atoms with Gasteiger partial charge >= 0.3 is 0 Å². The van der Waals surface area contributed by atoms with Gasteiger partial charge in [0.05, 0.1) is 16.6 Å². The normalized spacial score (nSPS) is 22.4. The molecule has 1 aliphatic rings. The van der Waals surface area contributed by atoms with E-state index < -0.39 is 40.6 Å². The van der Waals surface area contributed by atoms with Gasteiger partial charge in [0.15, 0.2) is 5.78 Å². The van der Waals surface area contributed by atoms with E-state index in [0.29, 0.717) is 24.0 Å². The summed E-state index contributed by atoms with van der Waals surface area (Å²) in [6.07, 6.45) is 2.15. The Morgan fingerprint density at radius 3 is 2.55 bits per heavy atom. The summed E-state index contributed by atoms with van der Waals surface area (Å²) in [7, 11) is 1.61. The second kappa shape index (κ2) is 12.4. The molecule has 2 aromatic carbocycles. The topological polar surface area (TPSA) is 97.3 Å². The Labute approximate surface area is 254 Å². The van der Waals surface area contributed by atoms with Crippen LogP contribution >= 0.6 is 23.2 Å². The summed E-state index contributed by atoms with van der Waals surface area (Å²) in [5.41, 5.74) is 5.88. The number of ketones is 1. The minimum atomic E-state index is -1.64. The molecule has 42 heavy (non-hydrogen) atoms. The van der Waals surface area contributed by atoms with Crippen molar-refractivity contribution in [3.05, 3.63) is 110 Å². The fraction of sp³-hybridized carbons (Fsp3) is 0.375. The largest absolute Gasteiger partial charge is 0.396 e. The number of nitrogens with two attached hydrogens (primary N) is 1. The average Bonchev–Trinajstić information content (AvgIpc) is 3.18. The molecular formula is C32H35Cl2F2N3O3. The third-order valence-electron chi connectivity index (χ3n) is 8.31. The highest BCUT2D eigenvalue weighted by Gasteiger charge is 2.58. The maximum Gasteiger partial charge on any atom is 0.250 e. The van der Waals surface area contributed by atoms with Gasteiger partial charge in [-0.2, -0.15) is 0 Å². The number of benzene rings is 2. The van der Waals surface area contributed by atoms with E-state index in [9.17, 15) is 14.7 Å². The van der Waals surface area contributed by atoms with Crippen LogP contribution in [-0.4, -0.2) is 34.1 Å². The molecular weight excluding hydrogens is 583 g/mol. The van der Waals surface area contributed by atoms with Gasteiger partial charge in [-0.15, -0.1) is 0 Å². The van der Waals surface area contributed by atoms with Crippen LogP contribution in [0.5, 0.6) is 0 Å². The van der Waals surface area contributed by atoms with Crippen LogP contribution in [0.2, 0.25) is 10.0 Å². The summed E-state index contributed by atoms with van der Waals surface area (Å²) in [5.74, 6) is -2.90. The number of aryl methyl sites for hydroxylation is 1. The number of hydrogen-bond acceptors (Lipinski definition) is 5. The summed E-state index contributed by atoms with van der Waals surface area (Å²) in [6.45, 7) is 7.82. The molecule has 0 spiro atoms. The highest BCUT2D eigenvalue weighted by Crippen LogP contribution is 2.50. The van der Waals surface area contributed by atoms with E-state index in [1.165, 1.54) is 34.9 Å². The van der Waals surface area contributed by atoms with E-state index in [2.05, 4.69) is 11.9 Å². The van der Waals surface area contributed by atoms with Gasteiger partial charge in [-0.05, 0) is 59.2 Å². The SMILES string of the molecule is C=C(CC(=O)C1N[C@@H](CC(C)(C)CCO)[C@](N)(c2ccc(Cl)cc2F)[C@H]1c1cccc(Cl)c1F)c1ccn(C)c(=O)c1. The third-order valence-corrected chi connectivity index (χ3v) is 8.84. The highest BCUT2D eigenvalue weighted by molar-refractivity contribution is 6.31. The number of aliphatic hydroxyl groups is 1. The minimum Gasteiger partial charge on any atom is -0.396 e. The molecule has 4 N–H and O–H groups in total. The molecule has 1 unspecified atom stereocenters. The number of rotatable bonds is 10. The number of aromatic nitrogens is 1. The van der Waals surface area contributed by atoms with E-state index in [-0.39, 0.29) is 45.5 Å². The number of nitrogens with one attached hydrogen (secondary N) is 1. The van der Waals surface area contributed by atoms with Crippen LogP contribution in [0.3, 0.4) is 0 Å². The highest BCUT2D eigenvalue weighted by atomic mass is 35.5. The lowest BCUT2D eigenvalue weighted by Crippen LogP contribution is -2.52. The molecule has 0 radical (unpaired) electrons. The first kappa shape index (κ1) is 32.0. The lowest BCUT2D eigenvalue weighted by molar-refractivity contribution is -0.120. The molecule has 1 fully saturated rings. The standard InChI is InChI=1S/C32H35Cl2F2N3O3/c1-18(19-10-12-39(4)27(42)15-19)14-25(41)30-28(21-6-5-7-23(34)29(21)36)32(37,22-9-8-20(33)16-24(22)35)26(38-30)17-31(2,3)11-13-40/h5-10,12,15-16,26,28,30,38,40H,1,11,13-14,17,37H2,2-4H3/t26-,28-,30?,32+/m0/s1. The molecule has 1 aliphatic heterocycles. The summed E-state index contributed by atoms with van der Waals surface area (Å²) >= 11 is 12.3. The molecule has 4 rings (SSSR count). The first-order chi connectivity index (χ1) is 19.7. The van der Waals surface area contributed by atoms with Crippen molar-refractivity contribution in [3.8, 4) is 0 Å². The zero-order chi connectivity index (χ0) is 31.0. The second-order valence-electron chi connectivity index (χ2n) is 11.8. The third kappa shape index (κ3) is 6.24. The fourth-order valence-electron chi connectivity index (χ4n) is 5.99. The molecule has 6 nitrogen and oxygen atoms in total. The van der Waals surface area contributed by atoms with E-state index in [4.69, 9.17) is 28.9 Å². The Bertz CT molecular complexity index is 1570. The quantitative estimate of drug-likeness (QED) is 0.270. The van der Waals surface area contributed by atoms with Crippen molar-refractivity contribution < 1.29 is 18.7 Å². The smallest absolute Gasteiger partial charge is 0.250 e. The molecule has 3 aromatic rings. The number of allylic oxidation sites excluding steroid dienone is 1. The zero-order valence-corrected chi connectivity index (χ0v) is 25.3. The van der Waals surface area contributed by atoms with E-state index in [1.54, 1.807) is 25.4 Å². The van der Waals surface area contributed by atoms with Crippen molar-refractivity contribution >= 4 is 34.6 Å². The Kier molecular flexibility index (Phi) is 9.45. The first-order valence-electron chi connectivity index (χ1n) is 13.6. The molecule has 224 valence electrons. The molecule has 10 heteroatoms. The lowest BCUT2D eigenvalue weighted by atomic mass is 9.67. The Balaban J connectivity index is 1.88. The number of pyridine rings is 1. The second-order valence-corrected chi connectivity index (χ2v) is 12.7. The number of carbonyl (C=O) groups excluding carboxylic acids is 1. The number of halogens is 4. The molecule has 0 aliphatic carbocycles. The van der Waals surface area contributed by atoms with Gasteiger partial charge in [-0.25, -0.2) is 8.78 Å². The molecule has 0 amide bonds.